The van der Waals surface area contributed by atoms with Gasteiger partial charge in [0.25, 0.3) is 0 Å². The molecule has 1 aromatic heterocycles. The summed E-state index contributed by atoms with van der Waals surface area (Å²) >= 11 is 5.77. The van der Waals surface area contributed by atoms with E-state index in [9.17, 15) is 0 Å². The number of alkyl halides is 1. The Labute approximate surface area is 117 Å². The molecule has 0 bridgehead atoms. The Kier molecular flexibility index (Phi) is 4.03. The maximum Gasteiger partial charge on any atom is 0.146 e. The van der Waals surface area contributed by atoms with Crippen LogP contribution in [0.4, 0.5) is 0 Å². The molecule has 3 nitrogen and oxygen atoms in total. The fourth-order valence-corrected chi connectivity index (χ4v) is 2.03. The molecule has 2 rings (SSSR count). The van der Waals surface area contributed by atoms with Gasteiger partial charge in [0.1, 0.15) is 11.5 Å². The lowest BCUT2D eigenvalue weighted by Gasteiger charge is -2.12. The van der Waals surface area contributed by atoms with Crippen molar-refractivity contribution in [1.82, 2.24) is 4.98 Å². The van der Waals surface area contributed by atoms with Gasteiger partial charge in [-0.2, -0.15) is 5.26 Å². The number of nitriles is 1. The molecule has 0 saturated heterocycles. The van der Waals surface area contributed by atoms with Crippen molar-refractivity contribution >= 4 is 11.6 Å². The number of aryl methyl sites for hydroxylation is 2. The molecule has 0 saturated carbocycles. The molecule has 0 radical (unpaired) electrons. The topological polar surface area (TPSA) is 45.9 Å². The van der Waals surface area contributed by atoms with Crippen molar-refractivity contribution in [2.75, 3.05) is 0 Å². The van der Waals surface area contributed by atoms with Gasteiger partial charge in [0.15, 0.2) is 0 Å². The largest absolute Gasteiger partial charge is 0.455 e. The number of aromatic nitrogens is 1. The van der Waals surface area contributed by atoms with Crippen LogP contribution in [0, 0.1) is 25.2 Å². The SMILES string of the molecule is Cc1cc(C#N)cc(C)c1Oc1cncc(CCl)c1. The molecule has 0 unspecified atom stereocenters. The third-order valence-corrected chi connectivity index (χ3v) is 3.04. The second kappa shape index (κ2) is 5.73. The molecule has 4 heteroatoms. The highest BCUT2D eigenvalue weighted by Crippen LogP contribution is 2.29. The van der Waals surface area contributed by atoms with Crippen LogP contribution in [0.3, 0.4) is 0 Å². The average Bonchev–Trinajstić information content (AvgIpc) is 2.42. The van der Waals surface area contributed by atoms with E-state index >= 15 is 0 Å². The van der Waals surface area contributed by atoms with E-state index in [-0.39, 0.29) is 0 Å². The van der Waals surface area contributed by atoms with E-state index in [1.54, 1.807) is 24.5 Å². The predicted molar refractivity (Wildman–Crippen MR) is 74.5 cm³/mol. The highest BCUT2D eigenvalue weighted by atomic mass is 35.5. The summed E-state index contributed by atoms with van der Waals surface area (Å²) in [7, 11) is 0. The van der Waals surface area contributed by atoms with E-state index < -0.39 is 0 Å². The van der Waals surface area contributed by atoms with E-state index in [0.717, 1.165) is 22.4 Å². The normalized spacial score (nSPS) is 10.0. The van der Waals surface area contributed by atoms with Crippen LogP contribution in [0.15, 0.2) is 30.6 Å². The van der Waals surface area contributed by atoms with Crippen molar-refractivity contribution in [3.63, 3.8) is 0 Å². The van der Waals surface area contributed by atoms with Crippen LogP contribution in [0.2, 0.25) is 0 Å². The third kappa shape index (κ3) is 3.04. The molecule has 96 valence electrons. The summed E-state index contributed by atoms with van der Waals surface area (Å²) in [5.41, 5.74) is 3.39. The first-order chi connectivity index (χ1) is 9.13. The number of hydrogen-bond donors (Lipinski definition) is 0. The zero-order chi connectivity index (χ0) is 13.8. The van der Waals surface area contributed by atoms with Crippen molar-refractivity contribution in [2.24, 2.45) is 0 Å². The molecule has 0 spiro atoms. The fraction of sp³-hybridized carbons (Fsp3) is 0.200. The van der Waals surface area contributed by atoms with Crippen LogP contribution in [-0.2, 0) is 5.88 Å². The molecule has 0 amide bonds. The maximum atomic E-state index is 8.92. The molecule has 0 aliphatic rings. The summed E-state index contributed by atoms with van der Waals surface area (Å²) in [6.07, 6.45) is 3.35. The number of nitrogens with zero attached hydrogens (tertiary/aromatic N) is 2. The quantitative estimate of drug-likeness (QED) is 0.790. The van der Waals surface area contributed by atoms with Crippen molar-refractivity contribution < 1.29 is 4.74 Å². The number of pyridine rings is 1. The van der Waals surface area contributed by atoms with Crippen LogP contribution in [0.25, 0.3) is 0 Å². The van der Waals surface area contributed by atoms with Gasteiger partial charge in [0.2, 0.25) is 0 Å². The Hall–Kier alpha value is -2.05. The highest BCUT2D eigenvalue weighted by molar-refractivity contribution is 6.17. The molecule has 0 fully saturated rings. The predicted octanol–water partition coefficient (Wildman–Crippen LogP) is 4.10. The van der Waals surface area contributed by atoms with Gasteiger partial charge in [0.05, 0.1) is 17.8 Å². The molecule has 1 aromatic carbocycles. The maximum absolute atomic E-state index is 8.92. The minimum atomic E-state index is 0.398. The summed E-state index contributed by atoms with van der Waals surface area (Å²) in [4.78, 5) is 4.08. The van der Waals surface area contributed by atoms with Crippen molar-refractivity contribution in [2.45, 2.75) is 19.7 Å². The summed E-state index contributed by atoms with van der Waals surface area (Å²) in [5, 5.41) is 8.92. The van der Waals surface area contributed by atoms with Gasteiger partial charge in [-0.05, 0) is 48.7 Å². The zero-order valence-corrected chi connectivity index (χ0v) is 11.5. The Morgan fingerprint density at radius 2 is 1.89 bits per heavy atom. The van der Waals surface area contributed by atoms with Gasteiger partial charge < -0.3 is 4.74 Å². The zero-order valence-electron chi connectivity index (χ0n) is 10.8. The number of ether oxygens (including phenoxy) is 1. The lowest BCUT2D eigenvalue weighted by atomic mass is 10.1. The first-order valence-corrected chi connectivity index (χ1v) is 6.36. The molecule has 0 N–H and O–H groups in total. The van der Waals surface area contributed by atoms with Crippen LogP contribution in [-0.4, -0.2) is 4.98 Å². The van der Waals surface area contributed by atoms with Gasteiger partial charge in [-0.25, -0.2) is 0 Å². The monoisotopic (exact) mass is 272 g/mol. The highest BCUT2D eigenvalue weighted by Gasteiger charge is 2.08. The van der Waals surface area contributed by atoms with Crippen molar-refractivity contribution in [1.29, 1.82) is 5.26 Å². The van der Waals surface area contributed by atoms with Crippen molar-refractivity contribution in [3.8, 4) is 17.6 Å². The molecular formula is C15H13ClN2O. The van der Waals surface area contributed by atoms with E-state index in [0.29, 0.717) is 17.2 Å². The minimum absolute atomic E-state index is 0.398. The Morgan fingerprint density at radius 1 is 1.21 bits per heavy atom. The number of benzene rings is 1. The fourth-order valence-electron chi connectivity index (χ4n) is 1.89. The summed E-state index contributed by atoms with van der Waals surface area (Å²) in [6.45, 7) is 3.84. The summed E-state index contributed by atoms with van der Waals surface area (Å²) in [6, 6.07) is 7.60. The van der Waals surface area contributed by atoms with Crippen LogP contribution in [0.1, 0.15) is 22.3 Å². The number of halogens is 1. The van der Waals surface area contributed by atoms with E-state index in [1.807, 2.05) is 19.9 Å². The van der Waals surface area contributed by atoms with Gasteiger partial charge in [-0.15, -0.1) is 11.6 Å². The molecule has 19 heavy (non-hydrogen) atoms. The number of hydrogen-bond acceptors (Lipinski definition) is 3. The standard InChI is InChI=1S/C15H13ClN2O/c1-10-3-12(7-17)4-11(2)15(10)19-14-5-13(6-16)8-18-9-14/h3-5,8-9H,6H2,1-2H3. The third-order valence-electron chi connectivity index (χ3n) is 2.73. The first kappa shape index (κ1) is 13.4. The Bertz CT molecular complexity index is 624. The average molecular weight is 273 g/mol. The van der Waals surface area contributed by atoms with Crippen LogP contribution >= 0.6 is 11.6 Å². The van der Waals surface area contributed by atoms with Gasteiger partial charge >= 0.3 is 0 Å². The Morgan fingerprint density at radius 3 is 2.47 bits per heavy atom. The van der Waals surface area contributed by atoms with E-state index in [4.69, 9.17) is 21.6 Å². The van der Waals surface area contributed by atoms with Gasteiger partial charge in [-0.1, -0.05) is 0 Å². The molecule has 0 atom stereocenters. The Balaban J connectivity index is 2.36. The smallest absolute Gasteiger partial charge is 0.146 e. The molecule has 1 heterocycles. The summed E-state index contributed by atoms with van der Waals surface area (Å²) < 4.78 is 5.85. The van der Waals surface area contributed by atoms with Crippen LogP contribution in [0.5, 0.6) is 11.5 Å². The molecular weight excluding hydrogens is 260 g/mol. The van der Waals surface area contributed by atoms with Gasteiger partial charge in [-0.3, -0.25) is 4.98 Å². The first-order valence-electron chi connectivity index (χ1n) is 5.83. The minimum Gasteiger partial charge on any atom is -0.455 e. The van der Waals surface area contributed by atoms with E-state index in [1.165, 1.54) is 0 Å². The number of rotatable bonds is 3. The lowest BCUT2D eigenvalue weighted by molar-refractivity contribution is 0.472. The van der Waals surface area contributed by atoms with Gasteiger partial charge in [0, 0.05) is 12.1 Å². The van der Waals surface area contributed by atoms with E-state index in [2.05, 4.69) is 11.1 Å². The van der Waals surface area contributed by atoms with Crippen LogP contribution < -0.4 is 4.74 Å². The molecule has 0 aliphatic carbocycles. The lowest BCUT2D eigenvalue weighted by Crippen LogP contribution is -1.94. The molecule has 0 aliphatic heterocycles. The second-order valence-electron chi connectivity index (χ2n) is 4.32. The molecule has 2 aromatic rings. The second-order valence-corrected chi connectivity index (χ2v) is 4.58. The van der Waals surface area contributed by atoms with Crippen molar-refractivity contribution in [3.05, 3.63) is 52.8 Å². The summed E-state index contributed by atoms with van der Waals surface area (Å²) in [5.74, 6) is 1.80.